The molecule has 1 heterocycles. The molecule has 1 rings (SSSR count). The lowest BCUT2D eigenvalue weighted by atomic mass is 10.5. The Hall–Kier alpha value is -0.870. The second kappa shape index (κ2) is 2.44. The van der Waals surface area contributed by atoms with E-state index >= 15 is 0 Å². The minimum absolute atomic E-state index is 0.597. The van der Waals surface area contributed by atoms with E-state index in [4.69, 9.17) is 16.0 Å². The zero-order valence-electron chi connectivity index (χ0n) is 4.02. The highest BCUT2D eigenvalue weighted by molar-refractivity contribution is 6.30. The summed E-state index contributed by atoms with van der Waals surface area (Å²) in [4.78, 5) is 0. The summed E-state index contributed by atoms with van der Waals surface area (Å²) in [6, 6.07) is 3.51. The van der Waals surface area contributed by atoms with E-state index in [0.29, 0.717) is 5.76 Å². The third kappa shape index (κ3) is 1.05. The summed E-state index contributed by atoms with van der Waals surface area (Å²) in [5.41, 5.74) is 0. The normalized spacial score (nSPS) is 7.62. The molecule has 0 saturated heterocycles. The fourth-order valence-corrected chi connectivity index (χ4v) is 0.489. The molecular formula is C6H3ClO. The molecule has 0 bridgehead atoms. The quantitative estimate of drug-likeness (QED) is 0.484. The highest BCUT2D eigenvalue weighted by Crippen LogP contribution is 1.95. The van der Waals surface area contributed by atoms with Gasteiger partial charge in [-0.3, -0.25) is 0 Å². The maximum absolute atomic E-state index is 5.07. The molecule has 0 unspecified atom stereocenters. The van der Waals surface area contributed by atoms with Crippen LogP contribution in [0.4, 0.5) is 0 Å². The van der Waals surface area contributed by atoms with E-state index in [1.54, 1.807) is 18.4 Å². The number of hydrogen-bond donors (Lipinski definition) is 0. The van der Waals surface area contributed by atoms with Crippen LogP contribution in [0, 0.1) is 11.3 Å². The van der Waals surface area contributed by atoms with Gasteiger partial charge in [-0.1, -0.05) is 0 Å². The van der Waals surface area contributed by atoms with Crippen molar-refractivity contribution in [2.24, 2.45) is 0 Å². The molecule has 0 aliphatic rings. The molecule has 0 spiro atoms. The van der Waals surface area contributed by atoms with Crippen LogP contribution in [0.2, 0.25) is 0 Å². The summed E-state index contributed by atoms with van der Waals surface area (Å²) in [6.45, 7) is 0. The van der Waals surface area contributed by atoms with E-state index in [1.807, 2.05) is 0 Å². The predicted molar refractivity (Wildman–Crippen MR) is 31.4 cm³/mol. The third-order valence-electron chi connectivity index (χ3n) is 0.692. The maximum atomic E-state index is 5.07. The van der Waals surface area contributed by atoms with Crippen molar-refractivity contribution in [3.8, 4) is 11.3 Å². The van der Waals surface area contributed by atoms with Crippen molar-refractivity contribution in [3.05, 3.63) is 24.2 Å². The molecule has 2 heteroatoms. The molecule has 40 valence electrons. The Kier molecular flexibility index (Phi) is 1.61. The molecule has 0 fully saturated rings. The van der Waals surface area contributed by atoms with Crippen molar-refractivity contribution >= 4 is 11.6 Å². The van der Waals surface area contributed by atoms with Crippen LogP contribution in [0.15, 0.2) is 22.8 Å². The molecular weight excluding hydrogens is 124 g/mol. The number of halogens is 1. The molecule has 8 heavy (non-hydrogen) atoms. The average molecular weight is 127 g/mol. The fourth-order valence-electron chi connectivity index (χ4n) is 0.396. The van der Waals surface area contributed by atoms with Crippen LogP contribution in [-0.4, -0.2) is 0 Å². The van der Waals surface area contributed by atoms with Gasteiger partial charge in [0.15, 0.2) is 5.76 Å². The Labute approximate surface area is 52.3 Å². The predicted octanol–water partition coefficient (Wildman–Crippen LogP) is 1.83. The maximum Gasteiger partial charge on any atom is 0.177 e. The Balaban J connectivity index is 2.88. The second-order valence-electron chi connectivity index (χ2n) is 1.20. The molecule has 0 N–H and O–H groups in total. The second-order valence-corrected chi connectivity index (χ2v) is 1.39. The van der Waals surface area contributed by atoms with E-state index in [2.05, 4.69) is 11.3 Å². The molecule has 0 aromatic carbocycles. The lowest BCUT2D eigenvalue weighted by Gasteiger charge is -1.70. The van der Waals surface area contributed by atoms with Gasteiger partial charge in [0.1, 0.15) is 0 Å². The monoisotopic (exact) mass is 126 g/mol. The topological polar surface area (TPSA) is 13.1 Å². The molecule has 0 atom stereocenters. The van der Waals surface area contributed by atoms with Gasteiger partial charge in [0, 0.05) is 5.38 Å². The molecule has 0 radical (unpaired) electrons. The van der Waals surface area contributed by atoms with Crippen molar-refractivity contribution in [1.82, 2.24) is 0 Å². The molecule has 0 aliphatic heterocycles. The lowest BCUT2D eigenvalue weighted by molar-refractivity contribution is 0.554. The minimum atomic E-state index is 0.597. The van der Waals surface area contributed by atoms with Crippen molar-refractivity contribution in [1.29, 1.82) is 0 Å². The first-order chi connectivity index (χ1) is 3.93. The minimum Gasteiger partial charge on any atom is -0.456 e. The van der Waals surface area contributed by atoms with Crippen LogP contribution in [-0.2, 0) is 0 Å². The molecule has 0 amide bonds. The van der Waals surface area contributed by atoms with Gasteiger partial charge in [0.2, 0.25) is 0 Å². The van der Waals surface area contributed by atoms with Crippen molar-refractivity contribution < 1.29 is 4.42 Å². The van der Waals surface area contributed by atoms with E-state index in [9.17, 15) is 0 Å². The average Bonchev–Trinajstić information content (AvgIpc) is 2.19. The first-order valence-electron chi connectivity index (χ1n) is 2.08. The van der Waals surface area contributed by atoms with E-state index in [-0.39, 0.29) is 0 Å². The standard InChI is InChI=1S/C6H3ClO/c7-4-3-6-2-1-5-8-6/h1-2,5H. The Bertz CT molecular complexity index is 202. The van der Waals surface area contributed by atoms with E-state index < -0.39 is 0 Å². The van der Waals surface area contributed by atoms with Crippen LogP contribution in [0.5, 0.6) is 0 Å². The van der Waals surface area contributed by atoms with Gasteiger partial charge >= 0.3 is 0 Å². The molecule has 1 aromatic rings. The van der Waals surface area contributed by atoms with E-state index in [1.165, 1.54) is 0 Å². The van der Waals surface area contributed by atoms with Gasteiger partial charge in [-0.2, -0.15) is 0 Å². The number of rotatable bonds is 0. The summed E-state index contributed by atoms with van der Waals surface area (Å²) in [5, 5.41) is 2.20. The fraction of sp³-hybridized carbons (Fsp3) is 0. The van der Waals surface area contributed by atoms with Crippen LogP contribution in [0.25, 0.3) is 0 Å². The van der Waals surface area contributed by atoms with Crippen LogP contribution < -0.4 is 0 Å². The molecule has 1 nitrogen and oxygen atoms in total. The smallest absolute Gasteiger partial charge is 0.177 e. The summed E-state index contributed by atoms with van der Waals surface area (Å²) in [7, 11) is 0. The van der Waals surface area contributed by atoms with Crippen molar-refractivity contribution in [2.75, 3.05) is 0 Å². The van der Waals surface area contributed by atoms with Gasteiger partial charge in [-0.15, -0.1) is 0 Å². The highest BCUT2D eigenvalue weighted by Gasteiger charge is 1.82. The Morgan fingerprint density at radius 2 is 2.50 bits per heavy atom. The van der Waals surface area contributed by atoms with Gasteiger partial charge in [-0.05, 0) is 29.7 Å². The lowest BCUT2D eigenvalue weighted by Crippen LogP contribution is -1.56. The third-order valence-corrected chi connectivity index (χ3v) is 0.786. The van der Waals surface area contributed by atoms with Crippen LogP contribution >= 0.6 is 11.6 Å². The van der Waals surface area contributed by atoms with E-state index in [0.717, 1.165) is 0 Å². The van der Waals surface area contributed by atoms with Gasteiger partial charge in [0.25, 0.3) is 0 Å². The van der Waals surface area contributed by atoms with Crippen LogP contribution in [0.3, 0.4) is 0 Å². The highest BCUT2D eigenvalue weighted by atomic mass is 35.5. The van der Waals surface area contributed by atoms with Gasteiger partial charge in [-0.25, -0.2) is 0 Å². The number of furan rings is 1. The Morgan fingerprint density at radius 3 is 3.00 bits per heavy atom. The molecule has 1 aromatic heterocycles. The zero-order valence-corrected chi connectivity index (χ0v) is 4.77. The summed E-state index contributed by atoms with van der Waals surface area (Å²) >= 11 is 5.07. The van der Waals surface area contributed by atoms with Crippen molar-refractivity contribution in [3.63, 3.8) is 0 Å². The SMILES string of the molecule is ClC#Cc1ccco1. The molecule has 0 aliphatic carbocycles. The molecule has 0 saturated carbocycles. The van der Waals surface area contributed by atoms with Crippen molar-refractivity contribution in [2.45, 2.75) is 0 Å². The first kappa shape index (κ1) is 5.27. The van der Waals surface area contributed by atoms with Crippen LogP contribution in [0.1, 0.15) is 5.76 Å². The van der Waals surface area contributed by atoms with Gasteiger partial charge in [0.05, 0.1) is 6.26 Å². The Morgan fingerprint density at radius 1 is 1.62 bits per heavy atom. The summed E-state index contributed by atoms with van der Waals surface area (Å²) in [5.74, 6) is 3.13. The largest absolute Gasteiger partial charge is 0.456 e. The first-order valence-corrected chi connectivity index (χ1v) is 2.46. The summed E-state index contributed by atoms with van der Waals surface area (Å²) < 4.78 is 4.82. The number of hydrogen-bond acceptors (Lipinski definition) is 1. The zero-order chi connectivity index (χ0) is 5.82. The summed E-state index contributed by atoms with van der Waals surface area (Å²) in [6.07, 6.45) is 1.55. The van der Waals surface area contributed by atoms with Gasteiger partial charge < -0.3 is 4.42 Å².